The third kappa shape index (κ3) is 3.53. The first-order valence-corrected chi connectivity index (χ1v) is 10.0. The monoisotopic (exact) mass is 383 g/mol. The van der Waals surface area contributed by atoms with Gasteiger partial charge in [0, 0.05) is 7.05 Å². The molecule has 5 nitrogen and oxygen atoms in total. The van der Waals surface area contributed by atoms with E-state index in [1.807, 2.05) is 24.3 Å². The fourth-order valence-electron chi connectivity index (χ4n) is 3.01. The van der Waals surface area contributed by atoms with Crippen LogP contribution in [0.15, 0.2) is 65.6 Å². The molecule has 0 aromatic heterocycles. The van der Waals surface area contributed by atoms with Gasteiger partial charge in [-0.2, -0.15) is 0 Å². The van der Waals surface area contributed by atoms with Crippen molar-refractivity contribution in [2.45, 2.75) is 18.7 Å². The van der Waals surface area contributed by atoms with E-state index in [0.29, 0.717) is 16.8 Å². The second-order valence-corrected chi connectivity index (χ2v) is 8.12. The number of nitrogens with zero attached hydrogens (tertiary/aromatic N) is 1. The van der Waals surface area contributed by atoms with E-state index in [-0.39, 0.29) is 11.5 Å². The van der Waals surface area contributed by atoms with Gasteiger partial charge in [0.25, 0.3) is 10.0 Å². The summed E-state index contributed by atoms with van der Waals surface area (Å²) in [6, 6.07) is 17.6. The molecule has 0 spiro atoms. The zero-order valence-corrected chi connectivity index (χ0v) is 16.3. The number of carbonyl (C=O) groups excluding carboxylic acids is 1. The molecule has 0 radical (unpaired) electrons. The topological polar surface area (TPSA) is 63.7 Å². The Kier molecular flexibility index (Phi) is 5.19. The quantitative estimate of drug-likeness (QED) is 0.621. The van der Waals surface area contributed by atoms with Crippen LogP contribution in [0.4, 0.5) is 5.69 Å². The van der Waals surface area contributed by atoms with Gasteiger partial charge in [-0.3, -0.25) is 4.31 Å². The average Bonchev–Trinajstić information content (AvgIpc) is 2.67. The van der Waals surface area contributed by atoms with Crippen LogP contribution in [-0.4, -0.2) is 28.0 Å². The molecule has 0 heterocycles. The summed E-state index contributed by atoms with van der Waals surface area (Å²) in [7, 11) is -2.29. The summed E-state index contributed by atoms with van der Waals surface area (Å²) in [6.07, 6.45) is 0. The number of esters is 1. The Morgan fingerprint density at radius 1 is 1.00 bits per heavy atom. The van der Waals surface area contributed by atoms with E-state index < -0.39 is 16.0 Å². The molecule has 6 heteroatoms. The van der Waals surface area contributed by atoms with Gasteiger partial charge in [0.05, 0.1) is 22.8 Å². The largest absolute Gasteiger partial charge is 0.462 e. The Bertz CT molecular complexity index is 1110. The van der Waals surface area contributed by atoms with Crippen LogP contribution in [-0.2, 0) is 14.8 Å². The van der Waals surface area contributed by atoms with Crippen molar-refractivity contribution in [2.24, 2.45) is 0 Å². The van der Waals surface area contributed by atoms with Crippen LogP contribution in [0.1, 0.15) is 22.8 Å². The molecular formula is C21H21NO4S. The molecule has 0 N–H and O–H groups in total. The zero-order chi connectivity index (χ0) is 19.6. The lowest BCUT2D eigenvalue weighted by molar-refractivity contribution is 0.0525. The zero-order valence-electron chi connectivity index (χ0n) is 15.5. The molecule has 3 rings (SSSR count). The highest BCUT2D eigenvalue weighted by Crippen LogP contribution is 2.29. The molecule has 0 saturated carbocycles. The minimum absolute atomic E-state index is 0.199. The van der Waals surface area contributed by atoms with E-state index in [2.05, 4.69) is 0 Å². The maximum absolute atomic E-state index is 13.1. The fourth-order valence-corrected chi connectivity index (χ4v) is 4.30. The van der Waals surface area contributed by atoms with Gasteiger partial charge in [-0.15, -0.1) is 0 Å². The highest BCUT2D eigenvalue weighted by molar-refractivity contribution is 7.92. The number of benzene rings is 3. The van der Waals surface area contributed by atoms with E-state index in [1.54, 1.807) is 50.2 Å². The van der Waals surface area contributed by atoms with Crippen molar-refractivity contribution in [1.29, 1.82) is 0 Å². The number of rotatable bonds is 5. The van der Waals surface area contributed by atoms with Crippen LogP contribution in [0.5, 0.6) is 0 Å². The third-order valence-corrected chi connectivity index (χ3v) is 6.29. The van der Waals surface area contributed by atoms with Crippen LogP contribution in [0.25, 0.3) is 10.8 Å². The maximum Gasteiger partial charge on any atom is 0.338 e. The summed E-state index contributed by atoms with van der Waals surface area (Å²) in [4.78, 5) is 12.3. The summed E-state index contributed by atoms with van der Waals surface area (Å²) in [5, 5.41) is 1.82. The van der Waals surface area contributed by atoms with E-state index in [4.69, 9.17) is 4.74 Å². The lowest BCUT2D eigenvalue weighted by Crippen LogP contribution is -2.27. The van der Waals surface area contributed by atoms with Crippen LogP contribution in [0, 0.1) is 6.92 Å². The maximum atomic E-state index is 13.1. The normalized spacial score (nSPS) is 11.4. The Morgan fingerprint density at radius 2 is 1.70 bits per heavy atom. The number of sulfonamides is 1. The first kappa shape index (κ1) is 18.9. The van der Waals surface area contributed by atoms with Crippen molar-refractivity contribution in [1.82, 2.24) is 0 Å². The highest BCUT2D eigenvalue weighted by atomic mass is 32.2. The van der Waals surface area contributed by atoms with Crippen molar-refractivity contribution in [3.05, 3.63) is 71.8 Å². The lowest BCUT2D eigenvalue weighted by atomic mass is 10.1. The van der Waals surface area contributed by atoms with Gasteiger partial charge in [-0.05, 0) is 54.4 Å². The summed E-state index contributed by atoms with van der Waals surface area (Å²) < 4.78 is 32.5. The predicted molar refractivity (Wildman–Crippen MR) is 107 cm³/mol. The SMILES string of the molecule is CCOC(=O)c1cccc(N(C)S(=O)(=O)c2ccc3ccccc3c2)c1C. The smallest absolute Gasteiger partial charge is 0.338 e. The number of anilines is 1. The van der Waals surface area contributed by atoms with Crippen LogP contribution in [0.3, 0.4) is 0 Å². The number of hydrogen-bond donors (Lipinski definition) is 0. The summed E-state index contributed by atoms with van der Waals surface area (Å²) in [5.74, 6) is -0.464. The molecule has 3 aromatic rings. The minimum atomic E-state index is -3.78. The molecule has 0 saturated heterocycles. The Hall–Kier alpha value is -2.86. The van der Waals surface area contributed by atoms with Crippen molar-refractivity contribution >= 4 is 32.5 Å². The number of carbonyl (C=O) groups is 1. The Morgan fingerprint density at radius 3 is 2.41 bits per heavy atom. The van der Waals surface area contributed by atoms with Gasteiger partial charge in [-0.1, -0.05) is 36.4 Å². The first-order valence-electron chi connectivity index (χ1n) is 8.60. The minimum Gasteiger partial charge on any atom is -0.462 e. The molecule has 0 aliphatic rings. The number of ether oxygens (including phenoxy) is 1. The van der Waals surface area contributed by atoms with E-state index in [9.17, 15) is 13.2 Å². The van der Waals surface area contributed by atoms with Crippen LogP contribution >= 0.6 is 0 Å². The van der Waals surface area contributed by atoms with Gasteiger partial charge in [0.15, 0.2) is 0 Å². The standard InChI is InChI=1S/C21H21NO4S/c1-4-26-21(23)19-10-7-11-20(15(19)2)22(3)27(24,25)18-13-12-16-8-5-6-9-17(16)14-18/h5-14H,4H2,1-3H3. The highest BCUT2D eigenvalue weighted by Gasteiger charge is 2.24. The van der Waals surface area contributed by atoms with Crippen LogP contribution in [0.2, 0.25) is 0 Å². The van der Waals surface area contributed by atoms with Gasteiger partial charge >= 0.3 is 5.97 Å². The third-order valence-electron chi connectivity index (χ3n) is 4.52. The molecule has 0 aliphatic heterocycles. The predicted octanol–water partition coefficient (Wildman–Crippen LogP) is 4.15. The Labute approximate surface area is 159 Å². The van der Waals surface area contributed by atoms with Gasteiger partial charge in [0.1, 0.15) is 0 Å². The second kappa shape index (κ2) is 7.40. The summed E-state index contributed by atoms with van der Waals surface area (Å²) in [5.41, 5.74) is 1.35. The molecular weight excluding hydrogens is 362 g/mol. The van der Waals surface area contributed by atoms with Crippen LogP contribution < -0.4 is 4.31 Å². The molecule has 140 valence electrons. The molecule has 27 heavy (non-hydrogen) atoms. The number of hydrogen-bond acceptors (Lipinski definition) is 4. The van der Waals surface area contributed by atoms with E-state index >= 15 is 0 Å². The van der Waals surface area contributed by atoms with E-state index in [1.165, 1.54) is 11.4 Å². The van der Waals surface area contributed by atoms with Crippen molar-refractivity contribution in [3.63, 3.8) is 0 Å². The summed E-state index contributed by atoms with van der Waals surface area (Å²) >= 11 is 0. The molecule has 0 amide bonds. The second-order valence-electron chi connectivity index (χ2n) is 6.15. The van der Waals surface area contributed by atoms with Crippen molar-refractivity contribution in [2.75, 3.05) is 18.0 Å². The summed E-state index contributed by atoms with van der Waals surface area (Å²) in [6.45, 7) is 3.70. The average molecular weight is 383 g/mol. The molecule has 0 fully saturated rings. The molecule has 3 aromatic carbocycles. The van der Waals surface area contributed by atoms with Gasteiger partial charge in [0.2, 0.25) is 0 Å². The fraction of sp³-hybridized carbons (Fsp3) is 0.190. The Balaban J connectivity index is 2.04. The van der Waals surface area contributed by atoms with Gasteiger partial charge in [-0.25, -0.2) is 13.2 Å². The molecule has 0 atom stereocenters. The van der Waals surface area contributed by atoms with Crippen molar-refractivity contribution in [3.8, 4) is 0 Å². The van der Waals surface area contributed by atoms with E-state index in [0.717, 1.165) is 10.8 Å². The first-order chi connectivity index (χ1) is 12.9. The number of fused-ring (bicyclic) bond motifs is 1. The molecule has 0 bridgehead atoms. The molecule has 0 unspecified atom stereocenters. The molecule has 0 aliphatic carbocycles. The lowest BCUT2D eigenvalue weighted by Gasteiger charge is -2.22. The van der Waals surface area contributed by atoms with Crippen molar-refractivity contribution < 1.29 is 17.9 Å². The van der Waals surface area contributed by atoms with Gasteiger partial charge < -0.3 is 4.74 Å².